The summed E-state index contributed by atoms with van der Waals surface area (Å²) in [5.41, 5.74) is 0. The Morgan fingerprint density at radius 2 is 2.00 bits per heavy atom. The molecule has 0 spiro atoms. The first-order chi connectivity index (χ1) is 8.40. The van der Waals surface area contributed by atoms with Crippen molar-refractivity contribution in [1.29, 1.82) is 0 Å². The molecule has 18 heavy (non-hydrogen) atoms. The van der Waals surface area contributed by atoms with Crippen molar-refractivity contribution < 1.29 is 9.53 Å². The van der Waals surface area contributed by atoms with Crippen LogP contribution in [0.3, 0.4) is 0 Å². The highest BCUT2D eigenvalue weighted by Crippen LogP contribution is 2.14. The normalized spacial score (nSPS) is 24.7. The van der Waals surface area contributed by atoms with Crippen LogP contribution in [0, 0.1) is 11.8 Å². The number of carbonyl (C=O) groups excluding carboxylic acids is 1. The van der Waals surface area contributed by atoms with E-state index in [2.05, 4.69) is 39.9 Å². The number of ether oxygens (including phenoxy) is 1. The second-order valence-electron chi connectivity index (χ2n) is 6.21. The number of hydrogen-bond acceptors (Lipinski definition) is 3. The van der Waals surface area contributed by atoms with Crippen LogP contribution in [-0.2, 0) is 4.74 Å². The highest BCUT2D eigenvalue weighted by Gasteiger charge is 2.29. The minimum absolute atomic E-state index is 0.161. The van der Waals surface area contributed by atoms with Gasteiger partial charge in [0, 0.05) is 25.2 Å². The SMILES string of the molecule is CC(C)COC(=O)N1CC(CC(C)C)NCC1C. The summed E-state index contributed by atoms with van der Waals surface area (Å²) in [6.45, 7) is 12.7. The van der Waals surface area contributed by atoms with Gasteiger partial charge in [-0.3, -0.25) is 0 Å². The molecule has 106 valence electrons. The fourth-order valence-corrected chi connectivity index (χ4v) is 2.23. The minimum atomic E-state index is -0.161. The van der Waals surface area contributed by atoms with Gasteiger partial charge in [-0.2, -0.15) is 0 Å². The maximum Gasteiger partial charge on any atom is 0.410 e. The number of hydrogen-bond donors (Lipinski definition) is 1. The van der Waals surface area contributed by atoms with Gasteiger partial charge >= 0.3 is 6.09 Å². The lowest BCUT2D eigenvalue weighted by Crippen LogP contribution is -2.57. The molecule has 1 aliphatic rings. The first-order valence-corrected chi connectivity index (χ1v) is 7.07. The van der Waals surface area contributed by atoms with Gasteiger partial charge in [-0.05, 0) is 25.2 Å². The van der Waals surface area contributed by atoms with Crippen molar-refractivity contribution in [3.63, 3.8) is 0 Å². The summed E-state index contributed by atoms with van der Waals surface area (Å²) in [7, 11) is 0. The van der Waals surface area contributed by atoms with Crippen LogP contribution in [0.1, 0.15) is 41.0 Å². The maximum atomic E-state index is 12.0. The number of rotatable bonds is 4. The number of nitrogens with zero attached hydrogens (tertiary/aromatic N) is 1. The zero-order valence-corrected chi connectivity index (χ0v) is 12.4. The van der Waals surface area contributed by atoms with Crippen LogP contribution < -0.4 is 5.32 Å². The number of piperazine rings is 1. The third-order valence-corrected chi connectivity index (χ3v) is 3.18. The third kappa shape index (κ3) is 4.84. The first-order valence-electron chi connectivity index (χ1n) is 7.07. The maximum absolute atomic E-state index is 12.0. The molecule has 1 rings (SSSR count). The third-order valence-electron chi connectivity index (χ3n) is 3.18. The van der Waals surface area contributed by atoms with Crippen molar-refractivity contribution in [3.8, 4) is 0 Å². The van der Waals surface area contributed by atoms with E-state index in [1.54, 1.807) is 0 Å². The minimum Gasteiger partial charge on any atom is -0.449 e. The van der Waals surface area contributed by atoms with Gasteiger partial charge in [0.05, 0.1) is 6.61 Å². The summed E-state index contributed by atoms with van der Waals surface area (Å²) in [6, 6.07) is 0.612. The molecule has 1 N–H and O–H groups in total. The quantitative estimate of drug-likeness (QED) is 0.840. The molecule has 4 heteroatoms. The second-order valence-corrected chi connectivity index (χ2v) is 6.21. The van der Waals surface area contributed by atoms with Crippen LogP contribution in [-0.4, -0.2) is 42.8 Å². The lowest BCUT2D eigenvalue weighted by molar-refractivity contribution is 0.0623. The second kappa shape index (κ2) is 6.98. The van der Waals surface area contributed by atoms with Gasteiger partial charge in [0.25, 0.3) is 0 Å². The smallest absolute Gasteiger partial charge is 0.410 e. The summed E-state index contributed by atoms with van der Waals surface area (Å²) in [4.78, 5) is 13.9. The van der Waals surface area contributed by atoms with E-state index in [-0.39, 0.29) is 12.1 Å². The summed E-state index contributed by atoms with van der Waals surface area (Å²) in [5.74, 6) is 1.03. The van der Waals surface area contributed by atoms with Gasteiger partial charge in [-0.1, -0.05) is 27.7 Å². The molecule has 1 fully saturated rings. The van der Waals surface area contributed by atoms with Crippen LogP contribution >= 0.6 is 0 Å². The highest BCUT2D eigenvalue weighted by atomic mass is 16.6. The molecular weight excluding hydrogens is 228 g/mol. The van der Waals surface area contributed by atoms with Crippen molar-refractivity contribution in [2.75, 3.05) is 19.7 Å². The Hall–Kier alpha value is -0.770. The average Bonchev–Trinajstić information content (AvgIpc) is 2.28. The standard InChI is InChI=1S/C14H28N2O2/c1-10(2)6-13-8-16(12(5)7-15-13)14(17)18-9-11(3)4/h10-13,15H,6-9H2,1-5H3. The first kappa shape index (κ1) is 15.3. The van der Waals surface area contributed by atoms with E-state index in [1.165, 1.54) is 0 Å². The predicted molar refractivity (Wildman–Crippen MR) is 73.6 cm³/mol. The van der Waals surface area contributed by atoms with Crippen molar-refractivity contribution in [1.82, 2.24) is 10.2 Å². The van der Waals surface area contributed by atoms with Crippen molar-refractivity contribution >= 4 is 6.09 Å². The van der Waals surface area contributed by atoms with Crippen LogP contribution in [0.15, 0.2) is 0 Å². The van der Waals surface area contributed by atoms with Crippen LogP contribution in [0.25, 0.3) is 0 Å². The molecule has 1 aliphatic heterocycles. The summed E-state index contributed by atoms with van der Waals surface area (Å²) in [6.07, 6.45) is 0.937. The molecule has 0 aromatic heterocycles. The van der Waals surface area contributed by atoms with Crippen LogP contribution in [0.4, 0.5) is 4.79 Å². The Kier molecular flexibility index (Phi) is 5.93. The van der Waals surface area contributed by atoms with E-state index in [0.29, 0.717) is 24.5 Å². The van der Waals surface area contributed by atoms with Gasteiger partial charge in [0.1, 0.15) is 0 Å². The zero-order valence-electron chi connectivity index (χ0n) is 12.4. The Labute approximate surface area is 111 Å². The van der Waals surface area contributed by atoms with E-state index >= 15 is 0 Å². The van der Waals surface area contributed by atoms with E-state index in [0.717, 1.165) is 19.5 Å². The number of nitrogens with one attached hydrogen (secondary N) is 1. The molecule has 1 saturated heterocycles. The number of carbonyl (C=O) groups is 1. The number of amides is 1. The monoisotopic (exact) mass is 256 g/mol. The molecule has 0 radical (unpaired) electrons. The van der Waals surface area contributed by atoms with E-state index in [9.17, 15) is 4.79 Å². The fourth-order valence-electron chi connectivity index (χ4n) is 2.23. The molecule has 0 aromatic carbocycles. The summed E-state index contributed by atoms with van der Waals surface area (Å²) in [5, 5.41) is 3.50. The molecule has 0 bridgehead atoms. The summed E-state index contributed by atoms with van der Waals surface area (Å²) >= 11 is 0. The van der Waals surface area contributed by atoms with Crippen molar-refractivity contribution in [2.45, 2.75) is 53.1 Å². The zero-order chi connectivity index (χ0) is 13.7. The van der Waals surface area contributed by atoms with Gasteiger partial charge < -0.3 is 15.0 Å². The summed E-state index contributed by atoms with van der Waals surface area (Å²) < 4.78 is 5.33. The largest absolute Gasteiger partial charge is 0.449 e. The molecule has 2 unspecified atom stereocenters. The molecule has 1 heterocycles. The molecule has 0 saturated carbocycles. The van der Waals surface area contributed by atoms with Gasteiger partial charge in [-0.15, -0.1) is 0 Å². The predicted octanol–water partition coefficient (Wildman–Crippen LogP) is 2.49. The molecule has 0 aliphatic carbocycles. The van der Waals surface area contributed by atoms with Gasteiger partial charge in [0.2, 0.25) is 0 Å². The lowest BCUT2D eigenvalue weighted by Gasteiger charge is -2.38. The fraction of sp³-hybridized carbons (Fsp3) is 0.929. The Balaban J connectivity index is 2.48. The van der Waals surface area contributed by atoms with Crippen molar-refractivity contribution in [2.24, 2.45) is 11.8 Å². The Bertz CT molecular complexity index is 267. The molecule has 1 amide bonds. The lowest BCUT2D eigenvalue weighted by atomic mass is 10.0. The molecular formula is C14H28N2O2. The van der Waals surface area contributed by atoms with Crippen molar-refractivity contribution in [3.05, 3.63) is 0 Å². The average molecular weight is 256 g/mol. The van der Waals surface area contributed by atoms with Crippen LogP contribution in [0.2, 0.25) is 0 Å². The molecule has 4 nitrogen and oxygen atoms in total. The van der Waals surface area contributed by atoms with E-state index < -0.39 is 0 Å². The van der Waals surface area contributed by atoms with Gasteiger partial charge in [0.15, 0.2) is 0 Å². The Morgan fingerprint density at radius 3 is 2.56 bits per heavy atom. The highest BCUT2D eigenvalue weighted by molar-refractivity contribution is 5.68. The molecule has 2 atom stereocenters. The Morgan fingerprint density at radius 1 is 1.33 bits per heavy atom. The van der Waals surface area contributed by atoms with E-state index in [4.69, 9.17) is 4.74 Å². The topological polar surface area (TPSA) is 41.6 Å². The van der Waals surface area contributed by atoms with E-state index in [1.807, 2.05) is 4.90 Å². The van der Waals surface area contributed by atoms with Gasteiger partial charge in [-0.25, -0.2) is 4.79 Å². The van der Waals surface area contributed by atoms with Crippen LogP contribution in [0.5, 0.6) is 0 Å². The molecule has 0 aromatic rings.